The van der Waals surface area contributed by atoms with E-state index in [-0.39, 0.29) is 17.2 Å². The van der Waals surface area contributed by atoms with Crippen LogP contribution in [0, 0.1) is 22.7 Å². The standard InChI is InChI=1S/C9H14N2O/c1-7(5-10)6-11-8(12)9(2)3-4-9/h7H,3-4,6H2,1-2H3,(H,11,12). The van der Waals surface area contributed by atoms with Crippen LogP contribution in [0.3, 0.4) is 0 Å². The number of amides is 1. The van der Waals surface area contributed by atoms with Gasteiger partial charge >= 0.3 is 0 Å². The van der Waals surface area contributed by atoms with E-state index in [1.54, 1.807) is 6.92 Å². The predicted octanol–water partition coefficient (Wildman–Crippen LogP) is 1.06. The van der Waals surface area contributed by atoms with Crippen LogP contribution in [0.2, 0.25) is 0 Å². The zero-order chi connectivity index (χ0) is 9.19. The van der Waals surface area contributed by atoms with Crippen LogP contribution in [0.15, 0.2) is 0 Å². The van der Waals surface area contributed by atoms with Crippen molar-refractivity contribution in [2.45, 2.75) is 26.7 Å². The molecule has 1 atom stereocenters. The van der Waals surface area contributed by atoms with Gasteiger partial charge in [0.05, 0.1) is 12.0 Å². The van der Waals surface area contributed by atoms with Crippen LogP contribution in [0.5, 0.6) is 0 Å². The molecular formula is C9H14N2O. The predicted molar refractivity (Wildman–Crippen MR) is 45.1 cm³/mol. The maximum Gasteiger partial charge on any atom is 0.225 e. The number of carbonyl (C=O) groups is 1. The number of nitrogens with one attached hydrogen (secondary N) is 1. The van der Waals surface area contributed by atoms with Crippen LogP contribution in [-0.4, -0.2) is 12.5 Å². The van der Waals surface area contributed by atoms with Crippen molar-refractivity contribution in [1.29, 1.82) is 5.26 Å². The van der Waals surface area contributed by atoms with Crippen LogP contribution in [0.25, 0.3) is 0 Å². The Morgan fingerprint density at radius 2 is 2.33 bits per heavy atom. The lowest BCUT2D eigenvalue weighted by Gasteiger charge is -2.09. The van der Waals surface area contributed by atoms with Crippen molar-refractivity contribution < 1.29 is 4.79 Å². The first-order valence-corrected chi connectivity index (χ1v) is 4.26. The molecule has 0 aliphatic heterocycles. The Bertz CT molecular complexity index is 225. The summed E-state index contributed by atoms with van der Waals surface area (Å²) in [6.07, 6.45) is 1.97. The van der Waals surface area contributed by atoms with Crippen molar-refractivity contribution in [3.8, 4) is 6.07 Å². The number of nitriles is 1. The largest absolute Gasteiger partial charge is 0.354 e. The molecular weight excluding hydrogens is 152 g/mol. The molecule has 3 nitrogen and oxygen atoms in total. The summed E-state index contributed by atoms with van der Waals surface area (Å²) in [7, 11) is 0. The van der Waals surface area contributed by atoms with Gasteiger partial charge in [0.2, 0.25) is 5.91 Å². The highest BCUT2D eigenvalue weighted by Gasteiger charge is 2.44. The lowest BCUT2D eigenvalue weighted by Crippen LogP contribution is -2.33. The first kappa shape index (κ1) is 9.05. The van der Waals surface area contributed by atoms with Crippen LogP contribution in [0.1, 0.15) is 26.7 Å². The molecule has 1 aliphatic carbocycles. The van der Waals surface area contributed by atoms with E-state index in [1.807, 2.05) is 6.92 Å². The number of hydrogen-bond acceptors (Lipinski definition) is 2. The summed E-state index contributed by atoms with van der Waals surface area (Å²) in [4.78, 5) is 11.3. The quantitative estimate of drug-likeness (QED) is 0.681. The van der Waals surface area contributed by atoms with E-state index in [0.29, 0.717) is 6.54 Å². The Labute approximate surface area is 72.8 Å². The number of carbonyl (C=O) groups excluding carboxylic acids is 1. The molecule has 0 spiro atoms. The molecule has 0 aromatic carbocycles. The average molecular weight is 166 g/mol. The molecule has 1 saturated carbocycles. The SMILES string of the molecule is CC(C#N)CNC(=O)C1(C)CC1. The minimum atomic E-state index is -0.116. The van der Waals surface area contributed by atoms with E-state index in [2.05, 4.69) is 11.4 Å². The second-order valence-electron chi connectivity index (χ2n) is 3.80. The van der Waals surface area contributed by atoms with Crippen molar-refractivity contribution >= 4 is 5.91 Å². The van der Waals surface area contributed by atoms with Crippen LogP contribution in [0.4, 0.5) is 0 Å². The lowest BCUT2D eigenvalue weighted by atomic mass is 10.1. The molecule has 1 fully saturated rings. The average Bonchev–Trinajstić information content (AvgIpc) is 2.80. The maximum absolute atomic E-state index is 11.3. The summed E-state index contributed by atoms with van der Waals surface area (Å²) in [5, 5.41) is 11.2. The molecule has 66 valence electrons. The summed E-state index contributed by atoms with van der Waals surface area (Å²) < 4.78 is 0. The molecule has 0 aromatic heterocycles. The van der Waals surface area contributed by atoms with Gasteiger partial charge in [-0.3, -0.25) is 4.79 Å². The fraction of sp³-hybridized carbons (Fsp3) is 0.778. The zero-order valence-electron chi connectivity index (χ0n) is 7.55. The van der Waals surface area contributed by atoms with Gasteiger partial charge in [-0.25, -0.2) is 0 Å². The number of rotatable bonds is 3. The molecule has 1 amide bonds. The first-order chi connectivity index (χ1) is 5.58. The van der Waals surface area contributed by atoms with E-state index < -0.39 is 0 Å². The first-order valence-electron chi connectivity index (χ1n) is 4.26. The third kappa shape index (κ3) is 1.97. The van der Waals surface area contributed by atoms with Gasteiger partial charge in [-0.05, 0) is 19.8 Å². The Kier molecular flexibility index (Phi) is 2.37. The topological polar surface area (TPSA) is 52.9 Å². The van der Waals surface area contributed by atoms with Crippen molar-refractivity contribution in [2.24, 2.45) is 11.3 Å². The molecule has 1 rings (SSSR count). The second-order valence-corrected chi connectivity index (χ2v) is 3.80. The highest BCUT2D eigenvalue weighted by atomic mass is 16.2. The molecule has 3 heteroatoms. The number of hydrogen-bond donors (Lipinski definition) is 1. The molecule has 0 saturated heterocycles. The summed E-state index contributed by atoms with van der Waals surface area (Å²) >= 11 is 0. The van der Waals surface area contributed by atoms with Gasteiger partial charge < -0.3 is 5.32 Å². The monoisotopic (exact) mass is 166 g/mol. The van der Waals surface area contributed by atoms with Crippen LogP contribution >= 0.6 is 0 Å². The van der Waals surface area contributed by atoms with E-state index in [9.17, 15) is 4.79 Å². The highest BCUT2D eigenvalue weighted by molar-refractivity contribution is 5.84. The van der Waals surface area contributed by atoms with Crippen molar-refractivity contribution in [3.63, 3.8) is 0 Å². The summed E-state index contributed by atoms with van der Waals surface area (Å²) in [6.45, 7) is 4.24. The van der Waals surface area contributed by atoms with E-state index in [1.165, 1.54) is 0 Å². The van der Waals surface area contributed by atoms with E-state index in [0.717, 1.165) is 12.8 Å². The van der Waals surface area contributed by atoms with Crippen molar-refractivity contribution in [1.82, 2.24) is 5.32 Å². The fourth-order valence-electron chi connectivity index (χ4n) is 0.919. The van der Waals surface area contributed by atoms with Gasteiger partial charge in [0.25, 0.3) is 0 Å². The molecule has 0 bridgehead atoms. The normalized spacial score (nSPS) is 20.8. The summed E-state index contributed by atoms with van der Waals surface area (Å²) in [5.41, 5.74) is -0.116. The Morgan fingerprint density at radius 1 is 1.75 bits per heavy atom. The Hall–Kier alpha value is -1.04. The lowest BCUT2D eigenvalue weighted by molar-refractivity contribution is -0.125. The van der Waals surface area contributed by atoms with Gasteiger partial charge in [0.1, 0.15) is 0 Å². The molecule has 0 aromatic rings. The van der Waals surface area contributed by atoms with Gasteiger partial charge in [-0.2, -0.15) is 5.26 Å². The third-order valence-corrected chi connectivity index (χ3v) is 2.34. The highest BCUT2D eigenvalue weighted by Crippen LogP contribution is 2.44. The van der Waals surface area contributed by atoms with Crippen molar-refractivity contribution in [3.05, 3.63) is 0 Å². The van der Waals surface area contributed by atoms with E-state index in [4.69, 9.17) is 5.26 Å². The minimum absolute atomic E-state index is 0.0868. The number of nitrogens with zero attached hydrogens (tertiary/aromatic N) is 1. The zero-order valence-corrected chi connectivity index (χ0v) is 7.55. The van der Waals surface area contributed by atoms with Gasteiger partial charge in [-0.1, -0.05) is 6.92 Å². The van der Waals surface area contributed by atoms with Gasteiger partial charge in [0.15, 0.2) is 0 Å². The second kappa shape index (κ2) is 3.14. The molecule has 0 radical (unpaired) electrons. The Morgan fingerprint density at radius 3 is 2.75 bits per heavy atom. The molecule has 1 N–H and O–H groups in total. The molecule has 0 heterocycles. The van der Waals surface area contributed by atoms with Crippen molar-refractivity contribution in [2.75, 3.05) is 6.54 Å². The third-order valence-electron chi connectivity index (χ3n) is 2.34. The maximum atomic E-state index is 11.3. The minimum Gasteiger partial charge on any atom is -0.354 e. The molecule has 1 unspecified atom stereocenters. The van der Waals surface area contributed by atoms with Gasteiger partial charge in [0, 0.05) is 12.0 Å². The molecule has 12 heavy (non-hydrogen) atoms. The summed E-state index contributed by atoms with van der Waals surface area (Å²) in [6, 6.07) is 2.08. The smallest absolute Gasteiger partial charge is 0.225 e. The van der Waals surface area contributed by atoms with Gasteiger partial charge in [-0.15, -0.1) is 0 Å². The van der Waals surface area contributed by atoms with Crippen LogP contribution < -0.4 is 5.32 Å². The molecule has 1 aliphatic rings. The van der Waals surface area contributed by atoms with E-state index >= 15 is 0 Å². The Balaban J connectivity index is 2.25. The summed E-state index contributed by atoms with van der Waals surface area (Å²) in [5.74, 6) is 0.0147. The van der Waals surface area contributed by atoms with Crippen LogP contribution in [-0.2, 0) is 4.79 Å². The fourth-order valence-corrected chi connectivity index (χ4v) is 0.919.